The second-order valence-corrected chi connectivity index (χ2v) is 7.36. The van der Waals surface area contributed by atoms with E-state index in [1.807, 2.05) is 73.7 Å². The zero-order valence-electron chi connectivity index (χ0n) is 16.9. The lowest BCUT2D eigenvalue weighted by atomic mass is 10.2. The highest BCUT2D eigenvalue weighted by atomic mass is 32.2. The van der Waals surface area contributed by atoms with E-state index in [0.29, 0.717) is 11.8 Å². The maximum Gasteiger partial charge on any atom is 0.247 e. The second kappa shape index (κ2) is 9.58. The number of thioether (sulfide) groups is 1. The Labute approximate surface area is 174 Å². The van der Waals surface area contributed by atoms with Crippen molar-refractivity contribution in [1.82, 2.24) is 15.1 Å². The summed E-state index contributed by atoms with van der Waals surface area (Å²) in [6.45, 7) is 2.12. The fourth-order valence-electron chi connectivity index (χ4n) is 2.74. The fraction of sp³-hybridized carbons (Fsp3) is 0.286. The van der Waals surface area contributed by atoms with Crippen LogP contribution in [0.15, 0.2) is 57.8 Å². The summed E-state index contributed by atoms with van der Waals surface area (Å²) in [6, 6.07) is 14.9. The molecule has 1 N–H and O–H groups in total. The Balaban J connectivity index is 1.63. The molecule has 0 saturated carbocycles. The van der Waals surface area contributed by atoms with Gasteiger partial charge in [-0.05, 0) is 56.6 Å². The van der Waals surface area contributed by atoms with E-state index in [9.17, 15) is 4.79 Å². The number of likely N-dealkylation sites (N-methyl/N-ethyl adjacent to an activating group) is 1. The van der Waals surface area contributed by atoms with Gasteiger partial charge >= 0.3 is 0 Å². The van der Waals surface area contributed by atoms with Crippen LogP contribution in [0, 0.1) is 0 Å². The molecule has 3 rings (SSSR count). The molecule has 1 heterocycles. The Morgan fingerprint density at radius 2 is 1.93 bits per heavy atom. The molecule has 0 saturated heterocycles. The summed E-state index contributed by atoms with van der Waals surface area (Å²) in [5.74, 6) is 1.54. The minimum atomic E-state index is -0.212. The lowest BCUT2D eigenvalue weighted by Crippen LogP contribution is -2.32. The van der Waals surface area contributed by atoms with Crippen molar-refractivity contribution in [3.63, 3.8) is 0 Å². The number of anilines is 1. The minimum absolute atomic E-state index is 0.101. The van der Waals surface area contributed by atoms with Gasteiger partial charge < -0.3 is 14.5 Å². The second-order valence-electron chi connectivity index (χ2n) is 6.51. The lowest BCUT2D eigenvalue weighted by Gasteiger charge is -2.21. The quantitative estimate of drug-likeness (QED) is 0.558. The standard InChI is InChI=1S/C21H24N4O3S/c1-14(20-23-24-21(28-20)15-9-11-16(27-3)12-10-15)25(2)13-19(26)22-17-7-5-6-8-18(17)29-4/h5-12,14H,13H2,1-4H3,(H,22,26)/t14-/m1/s1. The topological polar surface area (TPSA) is 80.5 Å². The first-order valence-electron chi connectivity index (χ1n) is 9.12. The zero-order chi connectivity index (χ0) is 20.8. The number of hydrogen-bond donors (Lipinski definition) is 1. The molecule has 0 unspecified atom stereocenters. The average molecular weight is 413 g/mol. The molecular formula is C21H24N4O3S. The number of amides is 1. The minimum Gasteiger partial charge on any atom is -0.497 e. The van der Waals surface area contributed by atoms with Crippen LogP contribution >= 0.6 is 11.8 Å². The first-order chi connectivity index (χ1) is 14.0. The third kappa shape index (κ3) is 5.16. The van der Waals surface area contributed by atoms with Gasteiger partial charge in [-0.1, -0.05) is 12.1 Å². The molecule has 8 heteroatoms. The van der Waals surface area contributed by atoms with Crippen molar-refractivity contribution in [2.45, 2.75) is 17.9 Å². The summed E-state index contributed by atoms with van der Waals surface area (Å²) in [7, 11) is 3.47. The predicted octanol–water partition coefficient (Wildman–Crippen LogP) is 4.10. The van der Waals surface area contributed by atoms with Crippen LogP contribution in [0.4, 0.5) is 5.69 Å². The Kier molecular flexibility index (Phi) is 6.90. The number of aromatic nitrogens is 2. The number of ether oxygens (including phenoxy) is 1. The highest BCUT2D eigenvalue weighted by molar-refractivity contribution is 7.98. The summed E-state index contributed by atoms with van der Waals surface area (Å²) >= 11 is 1.59. The van der Waals surface area contributed by atoms with E-state index in [1.54, 1.807) is 18.9 Å². The number of carbonyl (C=O) groups excluding carboxylic acids is 1. The number of benzene rings is 2. The summed E-state index contributed by atoms with van der Waals surface area (Å²) in [5.41, 5.74) is 1.62. The van der Waals surface area contributed by atoms with Gasteiger partial charge in [0, 0.05) is 10.5 Å². The molecule has 7 nitrogen and oxygen atoms in total. The number of methoxy groups -OCH3 is 1. The first-order valence-corrected chi connectivity index (χ1v) is 10.3. The van der Waals surface area contributed by atoms with Gasteiger partial charge in [-0.3, -0.25) is 9.69 Å². The van der Waals surface area contributed by atoms with Crippen LogP contribution in [-0.2, 0) is 4.79 Å². The zero-order valence-corrected chi connectivity index (χ0v) is 17.7. The summed E-state index contributed by atoms with van der Waals surface area (Å²) in [4.78, 5) is 15.4. The molecule has 152 valence electrons. The van der Waals surface area contributed by atoms with E-state index in [0.717, 1.165) is 21.9 Å². The highest BCUT2D eigenvalue weighted by Crippen LogP contribution is 2.26. The Bertz CT molecular complexity index is 959. The molecule has 1 atom stereocenters. The lowest BCUT2D eigenvalue weighted by molar-refractivity contribution is -0.117. The molecule has 1 amide bonds. The maximum atomic E-state index is 12.5. The van der Waals surface area contributed by atoms with Crippen molar-refractivity contribution in [2.75, 3.05) is 32.3 Å². The Morgan fingerprint density at radius 1 is 1.21 bits per heavy atom. The normalized spacial score (nSPS) is 12.0. The van der Waals surface area contributed by atoms with Gasteiger partial charge in [0.2, 0.25) is 17.7 Å². The predicted molar refractivity (Wildman–Crippen MR) is 114 cm³/mol. The summed E-state index contributed by atoms with van der Waals surface area (Å²) < 4.78 is 11.0. The van der Waals surface area contributed by atoms with Crippen molar-refractivity contribution >= 4 is 23.4 Å². The summed E-state index contributed by atoms with van der Waals surface area (Å²) in [6.07, 6.45) is 1.98. The molecule has 1 aromatic heterocycles. The van der Waals surface area contributed by atoms with Gasteiger partial charge in [0.15, 0.2) is 0 Å². The van der Waals surface area contributed by atoms with Crippen LogP contribution in [-0.4, -0.2) is 48.0 Å². The van der Waals surface area contributed by atoms with Crippen LogP contribution in [0.3, 0.4) is 0 Å². The van der Waals surface area contributed by atoms with E-state index in [2.05, 4.69) is 15.5 Å². The molecule has 29 heavy (non-hydrogen) atoms. The molecule has 3 aromatic rings. The van der Waals surface area contributed by atoms with Crippen molar-refractivity contribution < 1.29 is 13.9 Å². The molecular weight excluding hydrogens is 388 g/mol. The number of hydrogen-bond acceptors (Lipinski definition) is 7. The van der Waals surface area contributed by atoms with Crippen LogP contribution in [0.1, 0.15) is 18.9 Å². The van der Waals surface area contributed by atoms with E-state index in [-0.39, 0.29) is 18.5 Å². The van der Waals surface area contributed by atoms with E-state index < -0.39 is 0 Å². The van der Waals surface area contributed by atoms with Gasteiger partial charge in [-0.2, -0.15) is 0 Å². The monoisotopic (exact) mass is 412 g/mol. The molecule has 2 aromatic carbocycles. The number of nitrogens with one attached hydrogen (secondary N) is 1. The third-order valence-electron chi connectivity index (χ3n) is 4.57. The van der Waals surface area contributed by atoms with Crippen molar-refractivity contribution in [3.05, 3.63) is 54.4 Å². The molecule has 0 bridgehead atoms. The third-order valence-corrected chi connectivity index (χ3v) is 5.37. The maximum absolute atomic E-state index is 12.5. The van der Waals surface area contributed by atoms with Crippen molar-refractivity contribution in [2.24, 2.45) is 0 Å². The largest absolute Gasteiger partial charge is 0.497 e. The van der Waals surface area contributed by atoms with Gasteiger partial charge in [0.05, 0.1) is 25.4 Å². The van der Waals surface area contributed by atoms with Crippen LogP contribution in [0.2, 0.25) is 0 Å². The Morgan fingerprint density at radius 3 is 2.62 bits per heavy atom. The van der Waals surface area contributed by atoms with Gasteiger partial charge in [-0.25, -0.2) is 0 Å². The Hall–Kier alpha value is -2.84. The van der Waals surface area contributed by atoms with Crippen molar-refractivity contribution in [3.8, 4) is 17.2 Å². The number of rotatable bonds is 8. The molecule has 0 radical (unpaired) electrons. The van der Waals surface area contributed by atoms with Crippen LogP contribution < -0.4 is 10.1 Å². The molecule has 0 fully saturated rings. The first kappa shape index (κ1) is 20.9. The number of carbonyl (C=O) groups is 1. The molecule has 0 aliphatic rings. The highest BCUT2D eigenvalue weighted by Gasteiger charge is 2.21. The van der Waals surface area contributed by atoms with Gasteiger partial charge in [0.1, 0.15) is 5.75 Å². The SMILES string of the molecule is COc1ccc(-c2nnc([C@@H](C)N(C)CC(=O)Nc3ccccc3SC)o2)cc1. The number of para-hydroxylation sites is 1. The smallest absolute Gasteiger partial charge is 0.247 e. The van der Waals surface area contributed by atoms with Crippen LogP contribution in [0.25, 0.3) is 11.5 Å². The molecule has 0 aliphatic carbocycles. The summed E-state index contributed by atoms with van der Waals surface area (Å²) in [5, 5.41) is 11.2. The van der Waals surface area contributed by atoms with E-state index in [1.165, 1.54) is 0 Å². The fourth-order valence-corrected chi connectivity index (χ4v) is 3.30. The van der Waals surface area contributed by atoms with Gasteiger partial charge in [-0.15, -0.1) is 22.0 Å². The van der Waals surface area contributed by atoms with Crippen molar-refractivity contribution in [1.29, 1.82) is 0 Å². The number of nitrogens with zero attached hydrogens (tertiary/aromatic N) is 3. The molecule has 0 spiro atoms. The molecule has 0 aliphatic heterocycles. The van der Waals surface area contributed by atoms with Gasteiger partial charge in [0.25, 0.3) is 0 Å². The van der Waals surface area contributed by atoms with E-state index in [4.69, 9.17) is 9.15 Å². The van der Waals surface area contributed by atoms with E-state index >= 15 is 0 Å². The average Bonchev–Trinajstić information content (AvgIpc) is 3.23. The van der Waals surface area contributed by atoms with Crippen LogP contribution in [0.5, 0.6) is 5.75 Å².